The van der Waals surface area contributed by atoms with Gasteiger partial charge in [-0.3, -0.25) is 0 Å². The molecule has 324 valence electrons. The maximum Gasteiger partial charge on any atom is 0.134 e. The van der Waals surface area contributed by atoms with Gasteiger partial charge in [0.05, 0.1) is 23.1 Å². The van der Waals surface area contributed by atoms with Crippen LogP contribution >= 0.6 is 0 Å². The van der Waals surface area contributed by atoms with Gasteiger partial charge in [0, 0.05) is 49.1 Å². The Kier molecular flexibility index (Phi) is 23.4. The van der Waals surface area contributed by atoms with Crippen LogP contribution in [-0.4, -0.2) is 46.0 Å². The van der Waals surface area contributed by atoms with Gasteiger partial charge >= 0.3 is 0 Å². The molecule has 0 bridgehead atoms. The van der Waals surface area contributed by atoms with Crippen LogP contribution < -0.4 is 10.6 Å². The van der Waals surface area contributed by atoms with Gasteiger partial charge in [-0.25, -0.2) is 9.38 Å². The Hall–Kier alpha value is -4.56. The molecule has 0 aliphatic carbocycles. The lowest BCUT2D eigenvalue weighted by Gasteiger charge is -2.39. The fraction of sp³-hybridized carbons (Fsp3) is 0.510. The number of aliphatic hydroxyl groups excluding tert-OH is 1. The summed E-state index contributed by atoms with van der Waals surface area (Å²) in [5.74, 6) is 0.671. The van der Waals surface area contributed by atoms with Crippen LogP contribution in [-0.2, 0) is 13.0 Å². The van der Waals surface area contributed by atoms with Crippen LogP contribution in [0.2, 0.25) is 0 Å². The standard InChI is InChI=1S/C40H61N5O.C9H10FN.C2H6/c1-10-11-12-13-14-15-16-17-18-19-20-21-36(46)28-34-22-24-35(25-23-34)29(2)26-37-31(4)41-39(45(9)33(37)6)40(7,8)42-32(5)38-27-30(3)43-44-38;1-2-11-7-8-3-5-9(10)6-4-8;1-2/h22-25,36,42,46H,2,5-6,10-21,26-28H2,1,3-4,7-9H3;2-6,11H,1,7H2;1-2H3. The SMILES string of the molecule is C=C(NC(C)(C)C1=NC(C)=C(CC(=C)c2ccc(CC(O)CCCCCCCCCCCCC)cc2)C(=C)N1C)C1=NN=C(C)C1.C=CNCc1ccc(F)cc1.CC. The van der Waals surface area contributed by atoms with Crippen molar-refractivity contribution >= 4 is 22.8 Å². The number of hydrogen-bond donors (Lipinski definition) is 3. The van der Waals surface area contributed by atoms with Crippen molar-refractivity contribution in [2.75, 3.05) is 7.05 Å². The smallest absolute Gasteiger partial charge is 0.134 e. The molecule has 4 rings (SSSR count). The van der Waals surface area contributed by atoms with Gasteiger partial charge in [-0.1, -0.05) is 154 Å². The molecule has 0 radical (unpaired) electrons. The third kappa shape index (κ3) is 18.1. The second-order valence-corrected chi connectivity index (χ2v) is 16.2. The lowest BCUT2D eigenvalue weighted by molar-refractivity contribution is 0.161. The highest BCUT2D eigenvalue weighted by atomic mass is 19.1. The van der Waals surface area contributed by atoms with Crippen molar-refractivity contribution in [1.29, 1.82) is 0 Å². The van der Waals surface area contributed by atoms with E-state index in [-0.39, 0.29) is 11.9 Å². The summed E-state index contributed by atoms with van der Waals surface area (Å²) < 4.78 is 12.4. The Labute approximate surface area is 358 Å². The number of likely N-dealkylation sites (N-methyl/N-ethyl adjacent to an activating group) is 1. The zero-order valence-electron chi connectivity index (χ0n) is 38.0. The van der Waals surface area contributed by atoms with Crippen molar-refractivity contribution in [3.63, 3.8) is 0 Å². The minimum absolute atomic E-state index is 0.202. The Morgan fingerprint density at radius 2 is 1.44 bits per heavy atom. The molecule has 0 amide bonds. The van der Waals surface area contributed by atoms with Crippen LogP contribution in [0.15, 0.2) is 119 Å². The van der Waals surface area contributed by atoms with Crippen LogP contribution in [0.5, 0.6) is 0 Å². The van der Waals surface area contributed by atoms with Crippen molar-refractivity contribution in [1.82, 2.24) is 15.5 Å². The summed E-state index contributed by atoms with van der Waals surface area (Å²) >= 11 is 0. The molecule has 0 saturated carbocycles. The minimum Gasteiger partial charge on any atom is -0.393 e. The van der Waals surface area contributed by atoms with E-state index in [4.69, 9.17) is 4.99 Å². The number of halogens is 1. The summed E-state index contributed by atoms with van der Waals surface area (Å²) in [6.45, 7) is 31.8. The largest absolute Gasteiger partial charge is 0.393 e. The Bertz CT molecular complexity index is 1750. The molecule has 1 unspecified atom stereocenters. The highest BCUT2D eigenvalue weighted by Crippen LogP contribution is 2.34. The van der Waals surface area contributed by atoms with Gasteiger partial charge in [0.15, 0.2) is 0 Å². The second kappa shape index (κ2) is 27.2. The lowest BCUT2D eigenvalue weighted by atomic mass is 9.92. The van der Waals surface area contributed by atoms with E-state index >= 15 is 0 Å². The van der Waals surface area contributed by atoms with E-state index in [2.05, 4.69) is 97.1 Å². The molecule has 7 nitrogen and oxygen atoms in total. The number of aliphatic hydroxyl groups is 1. The number of nitrogens with one attached hydrogen (secondary N) is 2. The van der Waals surface area contributed by atoms with E-state index in [1.165, 1.54) is 81.9 Å². The molecule has 2 aromatic carbocycles. The predicted octanol–water partition coefficient (Wildman–Crippen LogP) is 13.0. The number of aliphatic imine (C=N–C) groups is 1. The van der Waals surface area contributed by atoms with E-state index in [1.807, 2.05) is 34.7 Å². The van der Waals surface area contributed by atoms with Crippen LogP contribution in [0.3, 0.4) is 0 Å². The zero-order valence-corrected chi connectivity index (χ0v) is 38.0. The molecule has 0 saturated heterocycles. The van der Waals surface area contributed by atoms with E-state index in [1.54, 1.807) is 18.3 Å². The molecule has 2 heterocycles. The average Bonchev–Trinajstić information content (AvgIpc) is 3.67. The topological polar surface area (TPSA) is 84.6 Å². The van der Waals surface area contributed by atoms with E-state index in [9.17, 15) is 9.50 Å². The third-order valence-electron chi connectivity index (χ3n) is 10.6. The zero-order chi connectivity index (χ0) is 43.8. The molecule has 3 N–H and O–H groups in total. The van der Waals surface area contributed by atoms with Crippen molar-refractivity contribution < 1.29 is 9.50 Å². The van der Waals surface area contributed by atoms with Crippen molar-refractivity contribution in [2.45, 2.75) is 163 Å². The van der Waals surface area contributed by atoms with Gasteiger partial charge in [0.2, 0.25) is 0 Å². The molecule has 0 fully saturated rings. The first-order valence-corrected chi connectivity index (χ1v) is 22.1. The quantitative estimate of drug-likeness (QED) is 0.0922. The molecule has 1 atom stereocenters. The molecule has 2 aliphatic rings. The molecule has 2 aliphatic heterocycles. The average molecular weight is 809 g/mol. The fourth-order valence-electron chi connectivity index (χ4n) is 7.16. The Morgan fingerprint density at radius 3 is 1.98 bits per heavy atom. The van der Waals surface area contributed by atoms with E-state index < -0.39 is 5.54 Å². The first kappa shape index (κ1) is 50.6. The first-order chi connectivity index (χ1) is 28.2. The van der Waals surface area contributed by atoms with Gasteiger partial charge < -0.3 is 20.6 Å². The molecule has 59 heavy (non-hydrogen) atoms. The van der Waals surface area contributed by atoms with Crippen LogP contribution in [0, 0.1) is 5.82 Å². The predicted molar refractivity (Wildman–Crippen MR) is 254 cm³/mol. The monoisotopic (exact) mass is 809 g/mol. The summed E-state index contributed by atoms with van der Waals surface area (Å²) in [6, 6.07) is 14.9. The first-order valence-electron chi connectivity index (χ1n) is 22.1. The molecule has 0 spiro atoms. The minimum atomic E-state index is -0.495. The molecule has 0 aromatic heterocycles. The number of hydrogen-bond acceptors (Lipinski definition) is 7. The molecule has 8 heteroatoms. The summed E-state index contributed by atoms with van der Waals surface area (Å²) in [5, 5.41) is 25.5. The van der Waals surface area contributed by atoms with Gasteiger partial charge in [0.25, 0.3) is 0 Å². The number of unbranched alkanes of at least 4 members (excludes halogenated alkanes) is 10. The number of allylic oxidation sites excluding steroid dienone is 4. The molecular formula is C51H77FN6O. The van der Waals surface area contributed by atoms with Gasteiger partial charge in [-0.05, 0) is 81.1 Å². The Balaban J connectivity index is 0.000000788. The fourth-order valence-corrected chi connectivity index (χ4v) is 7.16. The third-order valence-corrected chi connectivity index (χ3v) is 10.6. The van der Waals surface area contributed by atoms with E-state index in [0.29, 0.717) is 25.8 Å². The van der Waals surface area contributed by atoms with Crippen LogP contribution in [0.25, 0.3) is 5.57 Å². The molecule has 2 aromatic rings. The van der Waals surface area contributed by atoms with Crippen molar-refractivity contribution in [3.05, 3.63) is 126 Å². The number of amidine groups is 1. The summed E-state index contributed by atoms with van der Waals surface area (Å²) in [5.41, 5.74) is 9.40. The summed E-state index contributed by atoms with van der Waals surface area (Å²) in [7, 11) is 2.01. The Morgan fingerprint density at radius 1 is 0.881 bits per heavy atom. The van der Waals surface area contributed by atoms with Crippen LogP contribution in [0.4, 0.5) is 4.39 Å². The summed E-state index contributed by atoms with van der Waals surface area (Å²) in [4.78, 5) is 7.10. The highest BCUT2D eigenvalue weighted by Gasteiger charge is 2.34. The number of nitrogens with zero attached hydrogens (tertiary/aromatic N) is 4. The second-order valence-electron chi connectivity index (χ2n) is 16.2. The summed E-state index contributed by atoms with van der Waals surface area (Å²) in [6.07, 6.45) is 18.9. The maximum absolute atomic E-state index is 12.4. The number of rotatable bonds is 24. The van der Waals surface area contributed by atoms with Crippen LogP contribution in [0.1, 0.15) is 155 Å². The molecular weight excluding hydrogens is 732 g/mol. The maximum atomic E-state index is 12.4. The van der Waals surface area contributed by atoms with Gasteiger partial charge in [-0.2, -0.15) is 10.2 Å². The van der Waals surface area contributed by atoms with Crippen molar-refractivity contribution in [3.8, 4) is 0 Å². The van der Waals surface area contributed by atoms with Crippen molar-refractivity contribution in [2.24, 2.45) is 15.2 Å². The van der Waals surface area contributed by atoms with E-state index in [0.717, 1.165) is 69.5 Å². The van der Waals surface area contributed by atoms with Gasteiger partial charge in [0.1, 0.15) is 11.7 Å². The lowest BCUT2D eigenvalue weighted by Crippen LogP contribution is -2.54. The highest BCUT2D eigenvalue weighted by molar-refractivity contribution is 6.14. The van der Waals surface area contributed by atoms with Gasteiger partial charge in [-0.15, -0.1) is 0 Å². The normalized spacial score (nSPS) is 14.2. The number of benzene rings is 2.